The Balaban J connectivity index is 2.20. The Morgan fingerprint density at radius 2 is 2.60 bits per heavy atom. The maximum Gasteiger partial charge on any atom is 0.192 e. The van der Waals surface area contributed by atoms with Crippen LogP contribution in [0.25, 0.3) is 0 Å². The zero-order valence-corrected chi connectivity index (χ0v) is 5.40. The number of anilines is 1. The van der Waals surface area contributed by atoms with Crippen molar-refractivity contribution in [2.24, 2.45) is 5.10 Å². The molecule has 10 heavy (non-hydrogen) atoms. The van der Waals surface area contributed by atoms with Crippen molar-refractivity contribution in [3.63, 3.8) is 0 Å². The van der Waals surface area contributed by atoms with Crippen LogP contribution in [-0.4, -0.2) is 17.9 Å². The second-order valence-electron chi connectivity index (χ2n) is 2.07. The lowest BCUT2D eigenvalue weighted by atomic mass is 10.5. The number of hydrazone groups is 1. The molecule has 0 amide bonds. The Hall–Kier alpha value is -1.32. The summed E-state index contributed by atoms with van der Waals surface area (Å²) in [7, 11) is 0. The highest BCUT2D eigenvalue weighted by atomic mass is 16.5. The van der Waals surface area contributed by atoms with Gasteiger partial charge in [-0.3, -0.25) is 0 Å². The Labute approximate surface area is 58.1 Å². The molecule has 0 spiro atoms. The van der Waals surface area contributed by atoms with Gasteiger partial charge in [-0.25, -0.2) is 5.01 Å². The van der Waals surface area contributed by atoms with Crippen LogP contribution >= 0.6 is 0 Å². The van der Waals surface area contributed by atoms with Gasteiger partial charge in [-0.05, 0) is 0 Å². The van der Waals surface area contributed by atoms with Crippen LogP contribution in [0.3, 0.4) is 0 Å². The molecule has 1 aromatic rings. The first-order valence-electron chi connectivity index (χ1n) is 3.17. The molecule has 0 saturated heterocycles. The van der Waals surface area contributed by atoms with E-state index < -0.39 is 0 Å². The van der Waals surface area contributed by atoms with E-state index >= 15 is 0 Å². The van der Waals surface area contributed by atoms with Crippen molar-refractivity contribution in [3.8, 4) is 0 Å². The van der Waals surface area contributed by atoms with Crippen molar-refractivity contribution >= 4 is 12.0 Å². The average Bonchev–Trinajstić information content (AvgIpc) is 2.59. The molecule has 0 saturated carbocycles. The molecule has 4 heteroatoms. The fraction of sp³-hybridized carbons (Fsp3) is 0.333. The zero-order valence-electron chi connectivity index (χ0n) is 5.40. The van der Waals surface area contributed by atoms with Crippen LogP contribution in [0.5, 0.6) is 0 Å². The normalized spacial score (nSPS) is 16.6. The first kappa shape index (κ1) is 5.46. The number of hydrogen-bond donors (Lipinski definition) is 0. The molecule has 0 radical (unpaired) electrons. The monoisotopic (exact) mass is 137 g/mol. The lowest BCUT2D eigenvalue weighted by molar-refractivity contribution is 0.419. The van der Waals surface area contributed by atoms with E-state index in [0.717, 1.165) is 18.8 Å². The van der Waals surface area contributed by atoms with Gasteiger partial charge in [-0.15, -0.1) is 0 Å². The first-order valence-corrected chi connectivity index (χ1v) is 3.17. The third-order valence-corrected chi connectivity index (χ3v) is 1.38. The van der Waals surface area contributed by atoms with Crippen molar-refractivity contribution in [1.29, 1.82) is 0 Å². The third kappa shape index (κ3) is 0.775. The van der Waals surface area contributed by atoms with E-state index in [0.29, 0.717) is 0 Å². The third-order valence-electron chi connectivity index (χ3n) is 1.38. The van der Waals surface area contributed by atoms with Gasteiger partial charge in [0.2, 0.25) is 0 Å². The van der Waals surface area contributed by atoms with Crippen molar-refractivity contribution in [1.82, 2.24) is 5.16 Å². The number of hydrogen-bond acceptors (Lipinski definition) is 4. The molecule has 0 aromatic carbocycles. The molecule has 1 aromatic heterocycles. The van der Waals surface area contributed by atoms with Gasteiger partial charge in [0.1, 0.15) is 6.26 Å². The second-order valence-corrected chi connectivity index (χ2v) is 2.07. The van der Waals surface area contributed by atoms with Gasteiger partial charge in [-0.1, -0.05) is 5.16 Å². The van der Waals surface area contributed by atoms with Gasteiger partial charge < -0.3 is 4.52 Å². The van der Waals surface area contributed by atoms with E-state index in [1.165, 1.54) is 0 Å². The maximum atomic E-state index is 4.66. The molecule has 52 valence electrons. The lowest BCUT2D eigenvalue weighted by Gasteiger charge is -2.06. The van der Waals surface area contributed by atoms with E-state index in [-0.39, 0.29) is 0 Å². The summed E-state index contributed by atoms with van der Waals surface area (Å²) in [5.74, 6) is 0.786. The van der Waals surface area contributed by atoms with Gasteiger partial charge in [0, 0.05) is 25.2 Å². The fourth-order valence-corrected chi connectivity index (χ4v) is 0.907. The van der Waals surface area contributed by atoms with Crippen LogP contribution in [0, 0.1) is 0 Å². The van der Waals surface area contributed by atoms with Gasteiger partial charge in [-0.2, -0.15) is 5.10 Å². The highest BCUT2D eigenvalue weighted by molar-refractivity contribution is 5.63. The first-order chi connectivity index (χ1) is 4.97. The molecule has 0 N–H and O–H groups in total. The van der Waals surface area contributed by atoms with Gasteiger partial charge in [0.15, 0.2) is 5.82 Å². The number of aromatic nitrogens is 1. The van der Waals surface area contributed by atoms with Crippen LogP contribution in [0.4, 0.5) is 5.82 Å². The van der Waals surface area contributed by atoms with Crippen LogP contribution in [-0.2, 0) is 0 Å². The summed E-state index contributed by atoms with van der Waals surface area (Å²) >= 11 is 0. The molecule has 0 aliphatic carbocycles. The van der Waals surface area contributed by atoms with Gasteiger partial charge >= 0.3 is 0 Å². The molecular formula is C6H7N3O. The van der Waals surface area contributed by atoms with E-state index in [2.05, 4.69) is 14.8 Å². The second kappa shape index (κ2) is 2.13. The van der Waals surface area contributed by atoms with Crippen LogP contribution in [0.2, 0.25) is 0 Å². The Morgan fingerprint density at radius 3 is 3.20 bits per heavy atom. The minimum atomic E-state index is 0.786. The predicted molar refractivity (Wildman–Crippen MR) is 37.0 cm³/mol. The van der Waals surface area contributed by atoms with E-state index in [9.17, 15) is 0 Å². The van der Waals surface area contributed by atoms with Crippen molar-refractivity contribution in [3.05, 3.63) is 12.3 Å². The standard InChI is InChI=1S/C6H7N3O/c1-3-7-9(4-1)6-2-5-10-8-6/h2-3,5H,1,4H2. The molecule has 0 atom stereocenters. The SMILES string of the molecule is C1=NN(c2ccon2)CC1. The molecule has 4 nitrogen and oxygen atoms in total. The average molecular weight is 137 g/mol. The van der Waals surface area contributed by atoms with Crippen molar-refractivity contribution in [2.45, 2.75) is 6.42 Å². The van der Waals surface area contributed by atoms with Crippen LogP contribution in [0.1, 0.15) is 6.42 Å². The van der Waals surface area contributed by atoms with E-state index in [1.807, 2.05) is 11.2 Å². The van der Waals surface area contributed by atoms with E-state index in [1.54, 1.807) is 12.3 Å². The molecule has 2 heterocycles. The summed E-state index contributed by atoms with van der Waals surface area (Å²) in [5.41, 5.74) is 0. The molecular weight excluding hydrogens is 130 g/mol. The predicted octanol–water partition coefficient (Wildman–Crippen LogP) is 0.870. The van der Waals surface area contributed by atoms with Crippen LogP contribution < -0.4 is 5.01 Å². The quantitative estimate of drug-likeness (QED) is 0.576. The van der Waals surface area contributed by atoms with Crippen LogP contribution in [0.15, 0.2) is 22.0 Å². The Bertz CT molecular complexity index is 229. The molecule has 2 rings (SSSR count). The molecule has 0 bridgehead atoms. The molecule has 1 aliphatic heterocycles. The summed E-state index contributed by atoms with van der Waals surface area (Å²) in [6, 6.07) is 1.79. The minimum absolute atomic E-state index is 0.786. The zero-order chi connectivity index (χ0) is 6.81. The summed E-state index contributed by atoms with van der Waals surface area (Å²) in [6.45, 7) is 0.909. The maximum absolute atomic E-state index is 4.66. The van der Waals surface area contributed by atoms with Gasteiger partial charge in [0.05, 0.1) is 0 Å². The number of rotatable bonds is 1. The molecule has 1 aliphatic rings. The topological polar surface area (TPSA) is 41.6 Å². The highest BCUT2D eigenvalue weighted by Gasteiger charge is 2.09. The fourth-order valence-electron chi connectivity index (χ4n) is 0.907. The Kier molecular flexibility index (Phi) is 1.16. The Morgan fingerprint density at radius 1 is 1.60 bits per heavy atom. The lowest BCUT2D eigenvalue weighted by Crippen LogP contribution is -2.11. The molecule has 0 unspecified atom stereocenters. The largest absolute Gasteiger partial charge is 0.363 e. The summed E-state index contributed by atoms with van der Waals surface area (Å²) in [5, 5.41) is 9.61. The van der Waals surface area contributed by atoms with Gasteiger partial charge in [0.25, 0.3) is 0 Å². The highest BCUT2D eigenvalue weighted by Crippen LogP contribution is 2.12. The molecule has 0 fully saturated rings. The van der Waals surface area contributed by atoms with E-state index in [4.69, 9.17) is 0 Å². The van der Waals surface area contributed by atoms with Crippen molar-refractivity contribution in [2.75, 3.05) is 11.6 Å². The minimum Gasteiger partial charge on any atom is -0.363 e. The van der Waals surface area contributed by atoms with Crippen molar-refractivity contribution < 1.29 is 4.52 Å². The summed E-state index contributed by atoms with van der Waals surface area (Å²) < 4.78 is 4.66. The smallest absolute Gasteiger partial charge is 0.192 e. The summed E-state index contributed by atoms with van der Waals surface area (Å²) in [4.78, 5) is 0. The summed E-state index contributed by atoms with van der Waals surface area (Å²) in [6.07, 6.45) is 4.41. The number of nitrogens with zero attached hydrogens (tertiary/aromatic N) is 3.